The lowest BCUT2D eigenvalue weighted by molar-refractivity contribution is 0.922. The Morgan fingerprint density at radius 2 is 0.929 bits per heavy atom. The lowest BCUT2D eigenvalue weighted by Gasteiger charge is -2.25. The first-order valence-corrected chi connectivity index (χ1v) is 9.95. The molecule has 0 bridgehead atoms. The summed E-state index contributed by atoms with van der Waals surface area (Å²) >= 11 is 0. The molecule has 28 heavy (non-hydrogen) atoms. The van der Waals surface area contributed by atoms with Crippen LogP contribution in [0.2, 0.25) is 0 Å². The second kappa shape index (κ2) is 8.58. The van der Waals surface area contributed by atoms with Gasteiger partial charge >= 0.3 is 0 Å². The number of hydrogen-bond acceptors (Lipinski definition) is 1. The molecule has 0 aliphatic heterocycles. The predicted molar refractivity (Wildman–Crippen MR) is 121 cm³/mol. The third kappa shape index (κ3) is 3.99. The first kappa shape index (κ1) is 18.1. The van der Waals surface area contributed by atoms with E-state index in [-0.39, 0.29) is 0 Å². The summed E-state index contributed by atoms with van der Waals surface area (Å²) in [6.07, 6.45) is 2.32. The summed E-state index contributed by atoms with van der Waals surface area (Å²) in [6, 6.07) is 38.8. The highest BCUT2D eigenvalue weighted by Gasteiger charge is 2.11. The second-order valence-electron chi connectivity index (χ2n) is 7.00. The Morgan fingerprint density at radius 3 is 1.39 bits per heavy atom. The third-order valence-electron chi connectivity index (χ3n) is 4.98. The molecule has 0 aliphatic rings. The average Bonchev–Trinajstić information content (AvgIpc) is 2.77. The molecular weight excluding hydrogens is 338 g/mol. The van der Waals surface area contributed by atoms with E-state index in [0.717, 1.165) is 23.5 Å². The van der Waals surface area contributed by atoms with Crippen LogP contribution in [0.4, 0.5) is 17.1 Å². The average molecular weight is 364 g/mol. The van der Waals surface area contributed by atoms with Crippen molar-refractivity contribution in [1.29, 1.82) is 0 Å². The zero-order valence-corrected chi connectivity index (χ0v) is 16.3. The highest BCUT2D eigenvalue weighted by atomic mass is 15.1. The monoisotopic (exact) mass is 363 g/mol. The van der Waals surface area contributed by atoms with Crippen molar-refractivity contribution in [3.63, 3.8) is 0 Å². The summed E-state index contributed by atoms with van der Waals surface area (Å²) in [5, 5.41) is 0. The number of anilines is 3. The maximum Gasteiger partial charge on any atom is 0.0462 e. The normalized spacial score (nSPS) is 10.6. The number of aryl methyl sites for hydroxylation is 1. The van der Waals surface area contributed by atoms with Gasteiger partial charge in [-0.2, -0.15) is 0 Å². The summed E-state index contributed by atoms with van der Waals surface area (Å²) in [6.45, 7) is 2.22. The van der Waals surface area contributed by atoms with E-state index in [2.05, 4.69) is 121 Å². The Bertz CT molecular complexity index is 948. The number of benzene rings is 4. The number of para-hydroxylation sites is 2. The van der Waals surface area contributed by atoms with Crippen molar-refractivity contribution in [2.24, 2.45) is 0 Å². The van der Waals surface area contributed by atoms with Gasteiger partial charge in [0.25, 0.3) is 0 Å². The third-order valence-corrected chi connectivity index (χ3v) is 4.98. The summed E-state index contributed by atoms with van der Waals surface area (Å²) in [5.74, 6) is 0. The fourth-order valence-electron chi connectivity index (χ4n) is 3.56. The molecule has 0 saturated carbocycles. The molecule has 0 aliphatic carbocycles. The van der Waals surface area contributed by atoms with Crippen LogP contribution < -0.4 is 4.90 Å². The Hall–Kier alpha value is -3.32. The number of nitrogens with zero attached hydrogens (tertiary/aromatic N) is 1. The van der Waals surface area contributed by atoms with Crippen molar-refractivity contribution in [3.05, 3.63) is 115 Å². The van der Waals surface area contributed by atoms with E-state index >= 15 is 0 Å². The van der Waals surface area contributed by atoms with E-state index in [1.165, 1.54) is 23.1 Å². The van der Waals surface area contributed by atoms with E-state index in [4.69, 9.17) is 0 Å². The van der Waals surface area contributed by atoms with Gasteiger partial charge < -0.3 is 4.90 Å². The first-order chi connectivity index (χ1) is 13.8. The van der Waals surface area contributed by atoms with Crippen LogP contribution in [0, 0.1) is 0 Å². The summed E-state index contributed by atoms with van der Waals surface area (Å²) in [7, 11) is 0. The topological polar surface area (TPSA) is 3.24 Å². The second-order valence-corrected chi connectivity index (χ2v) is 7.00. The van der Waals surface area contributed by atoms with Gasteiger partial charge in [0.05, 0.1) is 0 Å². The molecule has 0 atom stereocenters. The Labute approximate surface area is 167 Å². The van der Waals surface area contributed by atoms with Gasteiger partial charge in [-0.1, -0.05) is 86.1 Å². The molecule has 0 N–H and O–H groups in total. The van der Waals surface area contributed by atoms with E-state index < -0.39 is 0 Å². The standard InChI is InChI=1S/C27H25N/c1-2-9-22-14-16-23(17-15-22)24-18-20-27(21-19-24)28(25-10-5-3-6-11-25)26-12-7-4-8-13-26/h3-8,10-21H,2,9H2,1H3. The van der Waals surface area contributed by atoms with Crippen molar-refractivity contribution in [2.75, 3.05) is 4.90 Å². The maximum absolute atomic E-state index is 2.29. The minimum Gasteiger partial charge on any atom is -0.311 e. The summed E-state index contributed by atoms with van der Waals surface area (Å²) < 4.78 is 0. The van der Waals surface area contributed by atoms with Crippen LogP contribution in [-0.2, 0) is 6.42 Å². The van der Waals surface area contributed by atoms with Crippen molar-refractivity contribution in [1.82, 2.24) is 0 Å². The molecule has 0 aromatic heterocycles. The molecular formula is C27H25N. The number of rotatable bonds is 6. The molecule has 0 saturated heterocycles. The van der Waals surface area contributed by atoms with Crippen molar-refractivity contribution in [3.8, 4) is 11.1 Å². The van der Waals surface area contributed by atoms with Crippen molar-refractivity contribution < 1.29 is 0 Å². The van der Waals surface area contributed by atoms with Gasteiger partial charge in [0.2, 0.25) is 0 Å². The van der Waals surface area contributed by atoms with Gasteiger partial charge in [-0.05, 0) is 59.5 Å². The highest BCUT2D eigenvalue weighted by Crippen LogP contribution is 2.35. The van der Waals surface area contributed by atoms with Gasteiger partial charge in [0.1, 0.15) is 0 Å². The zero-order chi connectivity index (χ0) is 19.2. The van der Waals surface area contributed by atoms with Crippen molar-refractivity contribution >= 4 is 17.1 Å². The van der Waals surface area contributed by atoms with E-state index in [1.807, 2.05) is 0 Å². The molecule has 138 valence electrons. The molecule has 0 heterocycles. The Kier molecular flexibility index (Phi) is 5.53. The lowest BCUT2D eigenvalue weighted by Crippen LogP contribution is -2.09. The van der Waals surface area contributed by atoms with Crippen LogP contribution >= 0.6 is 0 Å². The van der Waals surface area contributed by atoms with Gasteiger partial charge in [-0.15, -0.1) is 0 Å². The molecule has 1 heteroatoms. The quantitative estimate of drug-likeness (QED) is 0.338. The van der Waals surface area contributed by atoms with Crippen LogP contribution in [0.5, 0.6) is 0 Å². The molecule has 4 aromatic carbocycles. The minimum absolute atomic E-state index is 1.14. The van der Waals surface area contributed by atoms with E-state index in [1.54, 1.807) is 0 Å². The minimum atomic E-state index is 1.14. The number of hydrogen-bond donors (Lipinski definition) is 0. The Morgan fingerprint density at radius 1 is 0.500 bits per heavy atom. The van der Waals surface area contributed by atoms with Crippen LogP contribution in [-0.4, -0.2) is 0 Å². The van der Waals surface area contributed by atoms with E-state index in [9.17, 15) is 0 Å². The maximum atomic E-state index is 2.29. The van der Waals surface area contributed by atoms with Gasteiger partial charge in [-0.3, -0.25) is 0 Å². The Balaban J connectivity index is 1.67. The molecule has 4 rings (SSSR count). The lowest BCUT2D eigenvalue weighted by atomic mass is 10.0. The largest absolute Gasteiger partial charge is 0.311 e. The van der Waals surface area contributed by atoms with Crippen molar-refractivity contribution in [2.45, 2.75) is 19.8 Å². The fraction of sp³-hybridized carbons (Fsp3) is 0.111. The first-order valence-electron chi connectivity index (χ1n) is 9.95. The van der Waals surface area contributed by atoms with Crippen LogP contribution in [0.1, 0.15) is 18.9 Å². The molecule has 0 amide bonds. The fourth-order valence-corrected chi connectivity index (χ4v) is 3.56. The highest BCUT2D eigenvalue weighted by molar-refractivity contribution is 5.78. The molecule has 0 fully saturated rings. The predicted octanol–water partition coefficient (Wildman–Crippen LogP) is 7.78. The summed E-state index contributed by atoms with van der Waals surface area (Å²) in [4.78, 5) is 2.29. The van der Waals surface area contributed by atoms with Gasteiger partial charge in [-0.25, -0.2) is 0 Å². The molecule has 4 aromatic rings. The molecule has 0 radical (unpaired) electrons. The van der Waals surface area contributed by atoms with Crippen LogP contribution in [0.3, 0.4) is 0 Å². The van der Waals surface area contributed by atoms with Crippen LogP contribution in [0.15, 0.2) is 109 Å². The zero-order valence-electron chi connectivity index (χ0n) is 16.3. The SMILES string of the molecule is CCCc1ccc(-c2ccc(N(c3ccccc3)c3ccccc3)cc2)cc1. The van der Waals surface area contributed by atoms with Crippen LogP contribution in [0.25, 0.3) is 11.1 Å². The van der Waals surface area contributed by atoms with Gasteiger partial charge in [0.15, 0.2) is 0 Å². The van der Waals surface area contributed by atoms with Gasteiger partial charge in [0, 0.05) is 17.1 Å². The smallest absolute Gasteiger partial charge is 0.0462 e. The summed E-state index contributed by atoms with van der Waals surface area (Å²) in [5.41, 5.74) is 7.38. The molecule has 0 unspecified atom stereocenters. The van der Waals surface area contributed by atoms with E-state index in [0.29, 0.717) is 0 Å². The molecule has 1 nitrogen and oxygen atoms in total. The molecule has 0 spiro atoms.